The van der Waals surface area contributed by atoms with Gasteiger partial charge in [-0.3, -0.25) is 4.79 Å². The number of nitrogens with one attached hydrogen (secondary N) is 1. The van der Waals surface area contributed by atoms with E-state index in [1.165, 1.54) is 0 Å². The van der Waals surface area contributed by atoms with E-state index >= 15 is 0 Å². The SMILES string of the molecule is NC1CCC(C(=O)NCc2ccc(Cl)cc2)CC1. The fourth-order valence-electron chi connectivity index (χ4n) is 2.32. The van der Waals surface area contributed by atoms with E-state index in [1.807, 2.05) is 24.3 Å². The number of carbonyl (C=O) groups is 1. The predicted octanol–water partition coefficient (Wildman–Crippen LogP) is 2.47. The molecule has 1 fully saturated rings. The molecule has 2 rings (SSSR count). The normalized spacial score (nSPS) is 23.7. The van der Waals surface area contributed by atoms with Gasteiger partial charge in [0.2, 0.25) is 5.91 Å². The van der Waals surface area contributed by atoms with Crippen molar-refractivity contribution in [3.63, 3.8) is 0 Å². The summed E-state index contributed by atoms with van der Waals surface area (Å²) in [7, 11) is 0. The molecule has 3 nitrogen and oxygen atoms in total. The van der Waals surface area contributed by atoms with Gasteiger partial charge in [0, 0.05) is 23.5 Å². The van der Waals surface area contributed by atoms with Crippen molar-refractivity contribution in [3.05, 3.63) is 34.9 Å². The molecule has 1 aliphatic carbocycles. The number of rotatable bonds is 3. The maximum Gasteiger partial charge on any atom is 0.223 e. The smallest absolute Gasteiger partial charge is 0.223 e. The van der Waals surface area contributed by atoms with Crippen LogP contribution in [0.5, 0.6) is 0 Å². The molecule has 98 valence electrons. The highest BCUT2D eigenvalue weighted by Crippen LogP contribution is 2.23. The van der Waals surface area contributed by atoms with Crippen LogP contribution >= 0.6 is 11.6 Å². The summed E-state index contributed by atoms with van der Waals surface area (Å²) in [6, 6.07) is 7.81. The zero-order valence-corrected chi connectivity index (χ0v) is 11.1. The second-order valence-corrected chi connectivity index (χ2v) is 5.39. The summed E-state index contributed by atoms with van der Waals surface area (Å²) in [5.74, 6) is 0.286. The molecule has 4 heteroatoms. The average Bonchev–Trinajstić information content (AvgIpc) is 2.38. The molecule has 1 saturated carbocycles. The number of halogens is 1. The van der Waals surface area contributed by atoms with Crippen LogP contribution in [0.1, 0.15) is 31.2 Å². The van der Waals surface area contributed by atoms with Crippen molar-refractivity contribution in [3.8, 4) is 0 Å². The molecule has 3 N–H and O–H groups in total. The molecule has 1 amide bonds. The second-order valence-electron chi connectivity index (χ2n) is 4.96. The van der Waals surface area contributed by atoms with Crippen LogP contribution in [0, 0.1) is 5.92 Å². The minimum Gasteiger partial charge on any atom is -0.352 e. The quantitative estimate of drug-likeness (QED) is 0.883. The van der Waals surface area contributed by atoms with Crippen molar-refractivity contribution in [1.82, 2.24) is 5.32 Å². The minimum absolute atomic E-state index is 0.136. The largest absolute Gasteiger partial charge is 0.352 e. The monoisotopic (exact) mass is 266 g/mol. The fourth-order valence-corrected chi connectivity index (χ4v) is 2.44. The van der Waals surface area contributed by atoms with Crippen LogP contribution in [0.4, 0.5) is 0 Å². The van der Waals surface area contributed by atoms with Gasteiger partial charge in [0.25, 0.3) is 0 Å². The van der Waals surface area contributed by atoms with E-state index in [9.17, 15) is 4.79 Å². The molecule has 0 unspecified atom stereocenters. The van der Waals surface area contributed by atoms with E-state index in [2.05, 4.69) is 5.32 Å². The van der Waals surface area contributed by atoms with Crippen molar-refractivity contribution < 1.29 is 4.79 Å². The Morgan fingerprint density at radius 3 is 2.44 bits per heavy atom. The Morgan fingerprint density at radius 1 is 1.22 bits per heavy atom. The lowest BCUT2D eigenvalue weighted by Crippen LogP contribution is -2.35. The summed E-state index contributed by atoms with van der Waals surface area (Å²) < 4.78 is 0. The van der Waals surface area contributed by atoms with Crippen LogP contribution in [0.2, 0.25) is 5.02 Å². The van der Waals surface area contributed by atoms with Gasteiger partial charge < -0.3 is 11.1 Å². The molecule has 0 heterocycles. The number of carbonyl (C=O) groups excluding carboxylic acids is 1. The molecule has 18 heavy (non-hydrogen) atoms. The van der Waals surface area contributed by atoms with Crippen molar-refractivity contribution >= 4 is 17.5 Å². The summed E-state index contributed by atoms with van der Waals surface area (Å²) in [6.45, 7) is 0.568. The lowest BCUT2D eigenvalue weighted by Gasteiger charge is -2.25. The van der Waals surface area contributed by atoms with E-state index < -0.39 is 0 Å². The first-order valence-corrected chi connectivity index (χ1v) is 6.80. The van der Waals surface area contributed by atoms with Crippen molar-refractivity contribution in [2.75, 3.05) is 0 Å². The first-order valence-electron chi connectivity index (χ1n) is 6.43. The van der Waals surface area contributed by atoms with Gasteiger partial charge in [0.1, 0.15) is 0 Å². The number of nitrogens with two attached hydrogens (primary N) is 1. The van der Waals surface area contributed by atoms with Gasteiger partial charge in [0.05, 0.1) is 0 Å². The summed E-state index contributed by atoms with van der Waals surface area (Å²) in [5, 5.41) is 3.69. The highest BCUT2D eigenvalue weighted by atomic mass is 35.5. The minimum atomic E-state index is 0.136. The third kappa shape index (κ3) is 3.72. The van der Waals surface area contributed by atoms with Gasteiger partial charge >= 0.3 is 0 Å². The standard InChI is InChI=1S/C14H19ClN2O/c15-12-5-1-10(2-6-12)9-17-14(18)11-3-7-13(16)8-4-11/h1-2,5-6,11,13H,3-4,7-9,16H2,(H,17,18). The van der Waals surface area contributed by atoms with Gasteiger partial charge in [-0.2, -0.15) is 0 Å². The molecule has 0 aromatic heterocycles. The number of hydrogen-bond acceptors (Lipinski definition) is 2. The third-order valence-electron chi connectivity index (χ3n) is 3.52. The molecular weight excluding hydrogens is 248 g/mol. The van der Waals surface area contributed by atoms with Gasteiger partial charge in [-0.1, -0.05) is 23.7 Å². The van der Waals surface area contributed by atoms with Crippen molar-refractivity contribution in [2.45, 2.75) is 38.3 Å². The van der Waals surface area contributed by atoms with Crippen LogP contribution < -0.4 is 11.1 Å². The maximum atomic E-state index is 12.0. The average molecular weight is 267 g/mol. The van der Waals surface area contributed by atoms with E-state index in [-0.39, 0.29) is 17.9 Å². The third-order valence-corrected chi connectivity index (χ3v) is 3.77. The molecule has 0 bridgehead atoms. The Labute approximate surface area is 113 Å². The predicted molar refractivity (Wildman–Crippen MR) is 73.2 cm³/mol. The highest BCUT2D eigenvalue weighted by molar-refractivity contribution is 6.30. The molecule has 1 aliphatic rings. The van der Waals surface area contributed by atoms with E-state index in [0.29, 0.717) is 11.6 Å². The molecule has 0 atom stereocenters. The summed E-state index contributed by atoms with van der Waals surface area (Å²) >= 11 is 5.81. The van der Waals surface area contributed by atoms with Gasteiger partial charge in [-0.05, 0) is 43.4 Å². The lowest BCUT2D eigenvalue weighted by molar-refractivity contribution is -0.126. The van der Waals surface area contributed by atoms with Crippen LogP contribution in [0.3, 0.4) is 0 Å². The van der Waals surface area contributed by atoms with Crippen LogP contribution in [0.15, 0.2) is 24.3 Å². The Bertz CT molecular complexity index is 397. The number of amides is 1. The van der Waals surface area contributed by atoms with Crippen molar-refractivity contribution in [2.24, 2.45) is 11.7 Å². The van der Waals surface area contributed by atoms with E-state index in [1.54, 1.807) is 0 Å². The van der Waals surface area contributed by atoms with Gasteiger partial charge in [-0.15, -0.1) is 0 Å². The highest BCUT2D eigenvalue weighted by Gasteiger charge is 2.24. The van der Waals surface area contributed by atoms with E-state index in [4.69, 9.17) is 17.3 Å². The van der Waals surface area contributed by atoms with Crippen LogP contribution in [-0.2, 0) is 11.3 Å². The first-order chi connectivity index (χ1) is 8.65. The molecule has 1 aromatic rings. The number of hydrogen-bond donors (Lipinski definition) is 2. The van der Waals surface area contributed by atoms with Crippen LogP contribution in [0.25, 0.3) is 0 Å². The Hall–Kier alpha value is -1.06. The summed E-state index contributed by atoms with van der Waals surface area (Å²) in [5.41, 5.74) is 6.90. The van der Waals surface area contributed by atoms with Gasteiger partial charge in [-0.25, -0.2) is 0 Å². The molecule has 0 saturated heterocycles. The first kappa shape index (κ1) is 13.4. The summed E-state index contributed by atoms with van der Waals surface area (Å²) in [4.78, 5) is 12.0. The Morgan fingerprint density at radius 2 is 1.83 bits per heavy atom. The zero-order chi connectivity index (χ0) is 13.0. The zero-order valence-electron chi connectivity index (χ0n) is 10.4. The molecule has 0 spiro atoms. The fraction of sp³-hybridized carbons (Fsp3) is 0.500. The topological polar surface area (TPSA) is 55.1 Å². The molecule has 1 aromatic carbocycles. The van der Waals surface area contributed by atoms with Crippen molar-refractivity contribution in [1.29, 1.82) is 0 Å². The molecular formula is C14H19ClN2O. The lowest BCUT2D eigenvalue weighted by atomic mass is 9.86. The van der Waals surface area contributed by atoms with Crippen LogP contribution in [-0.4, -0.2) is 11.9 Å². The van der Waals surface area contributed by atoms with Gasteiger partial charge in [0.15, 0.2) is 0 Å². The Balaban J connectivity index is 1.79. The Kier molecular flexibility index (Phi) is 4.61. The summed E-state index contributed by atoms with van der Waals surface area (Å²) in [6.07, 6.45) is 3.74. The molecule has 0 radical (unpaired) electrons. The second kappa shape index (κ2) is 6.21. The maximum absolute atomic E-state index is 12.0. The molecule has 0 aliphatic heterocycles. The van der Waals surface area contributed by atoms with E-state index in [0.717, 1.165) is 31.2 Å². The number of benzene rings is 1.